The first-order valence-electron chi connectivity index (χ1n) is 9.13. The van der Waals surface area contributed by atoms with Crippen LogP contribution < -0.4 is 15.8 Å². The fraction of sp³-hybridized carbons (Fsp3) is 0.632. The van der Waals surface area contributed by atoms with Gasteiger partial charge < -0.3 is 20.5 Å². The fourth-order valence-electron chi connectivity index (χ4n) is 2.87. The van der Waals surface area contributed by atoms with Crippen LogP contribution in [0.5, 0.6) is 5.75 Å². The van der Waals surface area contributed by atoms with E-state index >= 15 is 0 Å². The first kappa shape index (κ1) is 26.0. The molecule has 1 fully saturated rings. The summed E-state index contributed by atoms with van der Waals surface area (Å²) in [7, 11) is 2.14. The van der Waals surface area contributed by atoms with Crippen LogP contribution in [0.25, 0.3) is 0 Å². The van der Waals surface area contributed by atoms with Gasteiger partial charge in [-0.1, -0.05) is 19.1 Å². The molecule has 0 radical (unpaired) electrons. The number of hydrogen-bond donors (Lipinski definition) is 2. The van der Waals surface area contributed by atoms with Crippen molar-refractivity contribution in [1.82, 2.24) is 10.2 Å². The van der Waals surface area contributed by atoms with Gasteiger partial charge >= 0.3 is 0 Å². The quantitative estimate of drug-likeness (QED) is 0.639. The van der Waals surface area contributed by atoms with E-state index in [1.165, 1.54) is 0 Å². The minimum absolute atomic E-state index is 0. The zero-order valence-corrected chi connectivity index (χ0v) is 17.8. The fourth-order valence-corrected chi connectivity index (χ4v) is 2.87. The van der Waals surface area contributed by atoms with Gasteiger partial charge in [0.05, 0.1) is 6.04 Å². The Morgan fingerprint density at radius 2 is 2.07 bits per heavy atom. The molecule has 27 heavy (non-hydrogen) atoms. The minimum atomic E-state index is -0.444. The largest absolute Gasteiger partial charge is 0.492 e. The summed E-state index contributed by atoms with van der Waals surface area (Å²) in [6, 6.07) is 7.96. The van der Waals surface area contributed by atoms with E-state index in [0.29, 0.717) is 25.6 Å². The molecule has 8 heteroatoms. The maximum absolute atomic E-state index is 11.7. The van der Waals surface area contributed by atoms with Gasteiger partial charge in [-0.25, -0.2) is 0 Å². The predicted molar refractivity (Wildman–Crippen MR) is 113 cm³/mol. The number of benzene rings is 1. The Labute approximate surface area is 175 Å². The predicted octanol–water partition coefficient (Wildman–Crippen LogP) is 2.37. The molecule has 0 aliphatic carbocycles. The first-order chi connectivity index (χ1) is 12.1. The third kappa shape index (κ3) is 9.12. The molecule has 1 saturated heterocycles. The molecule has 6 nitrogen and oxygen atoms in total. The normalized spacial score (nSPS) is 15.4. The molecule has 1 amide bonds. The lowest BCUT2D eigenvalue weighted by Gasteiger charge is -2.31. The molecule has 0 saturated carbocycles. The van der Waals surface area contributed by atoms with Crippen LogP contribution in [-0.2, 0) is 16.1 Å². The number of ether oxygens (including phenoxy) is 2. The average molecular weight is 422 g/mol. The average Bonchev–Trinajstić information content (AvgIpc) is 2.66. The summed E-state index contributed by atoms with van der Waals surface area (Å²) in [5, 5.41) is 2.85. The third-order valence-corrected chi connectivity index (χ3v) is 4.67. The van der Waals surface area contributed by atoms with E-state index in [2.05, 4.69) is 17.3 Å². The van der Waals surface area contributed by atoms with Crippen molar-refractivity contribution in [3.63, 3.8) is 0 Å². The van der Waals surface area contributed by atoms with Gasteiger partial charge in [0.1, 0.15) is 12.4 Å². The van der Waals surface area contributed by atoms with Gasteiger partial charge in [-0.05, 0) is 44.0 Å². The highest BCUT2D eigenvalue weighted by Crippen LogP contribution is 2.15. The van der Waals surface area contributed by atoms with Crippen LogP contribution in [0, 0.1) is 0 Å². The van der Waals surface area contributed by atoms with Crippen molar-refractivity contribution < 1.29 is 14.3 Å². The number of rotatable bonds is 9. The number of carbonyl (C=O) groups excluding carboxylic acids is 1. The molecule has 1 aliphatic rings. The Morgan fingerprint density at radius 1 is 1.37 bits per heavy atom. The van der Waals surface area contributed by atoms with Crippen LogP contribution in [0.2, 0.25) is 0 Å². The summed E-state index contributed by atoms with van der Waals surface area (Å²) in [5.41, 5.74) is 6.72. The number of nitrogens with one attached hydrogen (secondary N) is 1. The topological polar surface area (TPSA) is 76.8 Å². The van der Waals surface area contributed by atoms with Gasteiger partial charge in [0, 0.05) is 32.3 Å². The number of nitrogens with zero attached hydrogens (tertiary/aromatic N) is 1. The van der Waals surface area contributed by atoms with Gasteiger partial charge in [0.2, 0.25) is 5.91 Å². The summed E-state index contributed by atoms with van der Waals surface area (Å²) >= 11 is 0. The van der Waals surface area contributed by atoms with Gasteiger partial charge in [-0.2, -0.15) is 0 Å². The van der Waals surface area contributed by atoms with E-state index in [-0.39, 0.29) is 30.7 Å². The zero-order valence-electron chi connectivity index (χ0n) is 16.2. The number of carbonyl (C=O) groups is 1. The molecular formula is C19H33Cl2N3O3. The Bertz CT molecular complexity index is 543. The van der Waals surface area contributed by atoms with Crippen molar-refractivity contribution in [2.24, 2.45) is 5.73 Å². The van der Waals surface area contributed by atoms with E-state index in [0.717, 1.165) is 43.9 Å². The highest BCUT2D eigenvalue weighted by Gasteiger charge is 2.18. The van der Waals surface area contributed by atoms with Crippen LogP contribution in [0.4, 0.5) is 0 Å². The van der Waals surface area contributed by atoms with Crippen LogP contribution >= 0.6 is 24.8 Å². The van der Waals surface area contributed by atoms with Crippen molar-refractivity contribution >= 4 is 30.7 Å². The third-order valence-electron chi connectivity index (χ3n) is 4.67. The number of halogens is 2. The van der Waals surface area contributed by atoms with Gasteiger partial charge in [-0.15, -0.1) is 24.8 Å². The Morgan fingerprint density at radius 3 is 2.74 bits per heavy atom. The number of amides is 1. The first-order valence-corrected chi connectivity index (χ1v) is 9.13. The minimum Gasteiger partial charge on any atom is -0.492 e. The number of likely N-dealkylation sites (N-methyl/N-ethyl adjacent to an activating group) is 1. The maximum Gasteiger partial charge on any atom is 0.237 e. The summed E-state index contributed by atoms with van der Waals surface area (Å²) < 4.78 is 11.3. The van der Waals surface area contributed by atoms with Crippen LogP contribution in [0.1, 0.15) is 31.7 Å². The van der Waals surface area contributed by atoms with Gasteiger partial charge in [-0.3, -0.25) is 9.69 Å². The summed E-state index contributed by atoms with van der Waals surface area (Å²) in [5.74, 6) is 0.707. The Balaban J connectivity index is 0.00000338. The van der Waals surface area contributed by atoms with E-state index in [1.54, 1.807) is 0 Å². The highest BCUT2D eigenvalue weighted by molar-refractivity contribution is 5.85. The lowest BCUT2D eigenvalue weighted by atomic mass is 10.1. The summed E-state index contributed by atoms with van der Waals surface area (Å²) in [6.45, 7) is 5.60. The van der Waals surface area contributed by atoms with E-state index < -0.39 is 6.04 Å². The second-order valence-electron chi connectivity index (χ2n) is 6.55. The molecule has 0 unspecified atom stereocenters. The van der Waals surface area contributed by atoms with E-state index in [9.17, 15) is 4.79 Å². The van der Waals surface area contributed by atoms with Crippen molar-refractivity contribution in [2.45, 2.75) is 44.8 Å². The summed E-state index contributed by atoms with van der Waals surface area (Å²) in [6.07, 6.45) is 2.81. The van der Waals surface area contributed by atoms with E-state index in [4.69, 9.17) is 15.2 Å². The SMILES string of the molecule is CC[C@H](N)C(=O)NCc1cccc(OCCN(C)C2CCOCC2)c1.Cl.Cl. The number of hydrogen-bond acceptors (Lipinski definition) is 5. The Hall–Kier alpha value is -1.05. The summed E-state index contributed by atoms with van der Waals surface area (Å²) in [4.78, 5) is 14.1. The molecule has 0 bridgehead atoms. The van der Waals surface area contributed by atoms with Gasteiger partial charge in [0.15, 0.2) is 0 Å². The molecule has 1 atom stereocenters. The van der Waals surface area contributed by atoms with Crippen LogP contribution in [-0.4, -0.2) is 56.3 Å². The molecule has 156 valence electrons. The highest BCUT2D eigenvalue weighted by atomic mass is 35.5. The lowest BCUT2D eigenvalue weighted by molar-refractivity contribution is -0.122. The van der Waals surface area contributed by atoms with Crippen molar-refractivity contribution in [1.29, 1.82) is 0 Å². The smallest absolute Gasteiger partial charge is 0.237 e. The van der Waals surface area contributed by atoms with Crippen LogP contribution in [0.15, 0.2) is 24.3 Å². The molecule has 0 aromatic heterocycles. The molecule has 1 aromatic rings. The second kappa shape index (κ2) is 14.0. The maximum atomic E-state index is 11.7. The standard InChI is InChI=1S/C19H31N3O3.2ClH/c1-3-18(20)19(23)21-14-15-5-4-6-17(13-15)25-12-9-22(2)16-7-10-24-11-8-16;;/h4-6,13,16,18H,3,7-12,14,20H2,1-2H3,(H,21,23);2*1H/t18-;;/m0../s1. The zero-order chi connectivity index (χ0) is 18.1. The lowest BCUT2D eigenvalue weighted by Crippen LogP contribution is -2.39. The molecule has 1 aromatic carbocycles. The van der Waals surface area contributed by atoms with Crippen molar-refractivity contribution in [3.8, 4) is 5.75 Å². The van der Waals surface area contributed by atoms with Crippen molar-refractivity contribution in [3.05, 3.63) is 29.8 Å². The van der Waals surface area contributed by atoms with Gasteiger partial charge in [0.25, 0.3) is 0 Å². The Kier molecular flexibility index (Phi) is 13.5. The number of nitrogens with two attached hydrogens (primary N) is 1. The molecule has 1 aliphatic heterocycles. The molecule has 3 N–H and O–H groups in total. The molecule has 2 rings (SSSR count). The van der Waals surface area contributed by atoms with Crippen molar-refractivity contribution in [2.75, 3.05) is 33.4 Å². The monoisotopic (exact) mass is 421 g/mol. The molecule has 1 heterocycles. The van der Waals surface area contributed by atoms with E-state index in [1.807, 2.05) is 31.2 Å². The second-order valence-corrected chi connectivity index (χ2v) is 6.55. The molecular weight excluding hydrogens is 389 g/mol. The molecule has 0 spiro atoms. The van der Waals surface area contributed by atoms with Crippen LogP contribution in [0.3, 0.4) is 0 Å².